The molecule has 3 heterocycles. The smallest absolute Gasteiger partial charge is 0.308 e. The number of benzene rings is 4. The lowest BCUT2D eigenvalue weighted by atomic mass is 9.65. The zero-order valence-corrected chi connectivity index (χ0v) is 61.2. The average Bonchev–Trinajstić information content (AvgIpc) is 1.63. The van der Waals surface area contributed by atoms with Crippen LogP contribution in [-0.4, -0.2) is 125 Å². The second-order valence-electron chi connectivity index (χ2n) is 28.6. The maximum absolute atomic E-state index is 14.0. The van der Waals surface area contributed by atoms with Crippen LogP contribution in [0.4, 0.5) is 14.5 Å². The molecule has 556 valence electrons. The van der Waals surface area contributed by atoms with Crippen LogP contribution in [0.1, 0.15) is 196 Å². The Hall–Kier alpha value is -8.50. The van der Waals surface area contributed by atoms with Gasteiger partial charge < -0.3 is 59.8 Å². The molecule has 1 amide bonds. The summed E-state index contributed by atoms with van der Waals surface area (Å²) in [5.41, 5.74) is 11.1. The van der Waals surface area contributed by atoms with Crippen LogP contribution in [0.2, 0.25) is 0 Å². The molecule has 0 bridgehead atoms. The molecule has 0 saturated carbocycles. The van der Waals surface area contributed by atoms with Crippen molar-refractivity contribution in [1.82, 2.24) is 9.55 Å². The number of hydrogen-bond acceptors (Lipinski definition) is 14. The number of rotatable bonds is 29. The molecule has 0 radical (unpaired) electrons. The van der Waals surface area contributed by atoms with E-state index < -0.39 is 55.3 Å². The molecular weight excluding hydrogens is 1320 g/mol. The third-order valence-corrected chi connectivity index (χ3v) is 19.2. The highest BCUT2D eigenvalue weighted by molar-refractivity contribution is 6.12. The SMILES string of the molecule is CC(C)c1c(C(=O)Nc2ccccc2)c(-c2ccccc2)c(-c2ccc(F)cc2)n1CC[C@@H](O)C[C@@H](O)CC(=O)O.CC[C@H](C)C(=O)O[C@H]1C[C@@H](C)C=C2C=C[C@H](C)[C@H](CC[C@@H]3C[C@@H](O)CC(=O)O3)[C@H]21.COCc1c(C(C)C)nc(C(C)C)c(/C=C/[C@@H](O)C[C@@H](O)CC(=O)O)c1-c1ccc(F)cc1. The minimum atomic E-state index is -1.18. The van der Waals surface area contributed by atoms with E-state index in [1.807, 2.05) is 107 Å². The molecule has 4 aromatic carbocycles. The lowest BCUT2D eigenvalue weighted by Gasteiger charge is -2.43. The lowest BCUT2D eigenvalue weighted by Crippen LogP contribution is -2.42. The summed E-state index contributed by atoms with van der Waals surface area (Å²) in [6, 6.07) is 31.0. The van der Waals surface area contributed by atoms with Crippen LogP contribution in [-0.2, 0) is 46.5 Å². The third-order valence-electron chi connectivity index (χ3n) is 19.2. The topological polar surface area (TPSA) is 284 Å². The molecule has 8 N–H and O–H groups in total. The molecule has 3 aliphatic rings. The van der Waals surface area contributed by atoms with E-state index >= 15 is 0 Å². The van der Waals surface area contributed by atoms with Gasteiger partial charge in [0.15, 0.2) is 0 Å². The zero-order chi connectivity index (χ0) is 75.4. The van der Waals surface area contributed by atoms with Crippen LogP contribution in [0, 0.1) is 41.2 Å². The quantitative estimate of drug-likeness (QED) is 0.0203. The first kappa shape index (κ1) is 81.8. The largest absolute Gasteiger partial charge is 0.481 e. The van der Waals surface area contributed by atoms with E-state index in [2.05, 4.69) is 51.2 Å². The van der Waals surface area contributed by atoms with Crippen molar-refractivity contribution in [1.29, 1.82) is 0 Å². The maximum atomic E-state index is 14.0. The van der Waals surface area contributed by atoms with Crippen molar-refractivity contribution in [3.8, 4) is 33.5 Å². The van der Waals surface area contributed by atoms with Crippen LogP contribution in [0.3, 0.4) is 0 Å². The normalized spacial score (nSPS) is 20.1. The van der Waals surface area contributed by atoms with E-state index in [0.29, 0.717) is 58.9 Å². The number of nitrogens with zero attached hydrogens (tertiary/aromatic N) is 2. The fraction of sp³-hybridized carbons (Fsp3) is 0.470. The summed E-state index contributed by atoms with van der Waals surface area (Å²) in [6.07, 6.45) is 7.73. The van der Waals surface area contributed by atoms with Crippen molar-refractivity contribution >= 4 is 41.5 Å². The van der Waals surface area contributed by atoms with Gasteiger partial charge in [0.05, 0.1) is 79.3 Å². The van der Waals surface area contributed by atoms with E-state index in [9.17, 15) is 58.3 Å². The van der Waals surface area contributed by atoms with Gasteiger partial charge in [-0.3, -0.25) is 29.0 Å². The van der Waals surface area contributed by atoms with E-state index in [4.69, 9.17) is 29.4 Å². The van der Waals surface area contributed by atoms with Gasteiger partial charge in [-0.1, -0.05) is 160 Å². The van der Waals surface area contributed by atoms with Crippen molar-refractivity contribution in [2.45, 2.75) is 213 Å². The van der Waals surface area contributed by atoms with Gasteiger partial charge in [-0.2, -0.15) is 0 Å². The summed E-state index contributed by atoms with van der Waals surface area (Å²) in [4.78, 5) is 65.0. The van der Waals surface area contributed by atoms with Crippen LogP contribution < -0.4 is 5.32 Å². The molecule has 0 unspecified atom stereocenters. The lowest BCUT2D eigenvalue weighted by molar-refractivity contribution is -0.162. The fourth-order valence-electron chi connectivity index (χ4n) is 14.1. The Morgan fingerprint density at radius 3 is 1.87 bits per heavy atom. The molecule has 2 aliphatic carbocycles. The number of anilines is 1. The summed E-state index contributed by atoms with van der Waals surface area (Å²) in [7, 11) is 1.61. The number of para-hydroxylation sites is 1. The first-order valence-electron chi connectivity index (χ1n) is 36.1. The van der Waals surface area contributed by atoms with Gasteiger partial charge >= 0.3 is 23.9 Å². The fourth-order valence-corrected chi connectivity index (χ4v) is 14.1. The number of cyclic esters (lactones) is 1. The van der Waals surface area contributed by atoms with Gasteiger partial charge in [0.1, 0.15) is 23.8 Å². The predicted molar refractivity (Wildman–Crippen MR) is 395 cm³/mol. The Morgan fingerprint density at radius 2 is 1.31 bits per heavy atom. The van der Waals surface area contributed by atoms with E-state index in [1.54, 1.807) is 37.5 Å². The van der Waals surface area contributed by atoms with E-state index in [1.165, 1.54) is 35.9 Å². The summed E-state index contributed by atoms with van der Waals surface area (Å²) in [5.74, 6) is -2.46. The summed E-state index contributed by atoms with van der Waals surface area (Å²) in [5, 5.41) is 71.8. The number of fused-ring (bicyclic) bond motifs is 1. The molecule has 6 aromatic rings. The first-order chi connectivity index (χ1) is 49.0. The van der Waals surface area contributed by atoms with Crippen molar-refractivity contribution in [2.24, 2.45) is 29.6 Å². The van der Waals surface area contributed by atoms with Crippen molar-refractivity contribution < 1.29 is 82.7 Å². The Labute approximate surface area is 604 Å². The molecule has 1 aliphatic heterocycles. The Balaban J connectivity index is 0.000000220. The second kappa shape index (κ2) is 38.9. The summed E-state index contributed by atoms with van der Waals surface area (Å²) >= 11 is 0. The Bertz CT molecular complexity index is 3870. The van der Waals surface area contributed by atoms with Crippen molar-refractivity contribution in [3.05, 3.63) is 184 Å². The number of amides is 1. The summed E-state index contributed by atoms with van der Waals surface area (Å²) < 4.78 is 46.7. The monoisotopic (exact) mass is 1420 g/mol. The van der Waals surface area contributed by atoms with Gasteiger partial charge in [-0.05, 0) is 150 Å². The minimum absolute atomic E-state index is 0.0627. The van der Waals surface area contributed by atoms with Gasteiger partial charge in [0, 0.05) is 66.2 Å². The van der Waals surface area contributed by atoms with Crippen molar-refractivity contribution in [2.75, 3.05) is 12.4 Å². The standard InChI is InChI=1S/C33H35FN2O5.C26H34FNO5.C24H36O5/c1-21(2)31-30(33(41)35-25-11-7-4-8-12-25)29(22-9-5-3-6-10-22)32(23-13-15-24(34)16-14-23)36(31)18-17-26(37)19-27(38)20-28(39)40;1-15(2)25-21(11-10-19(29)12-20(30)13-23(31)32)24(17-6-8-18(27)9-7-17)22(14-33-5)26(28-25)16(3)4;1-5-15(3)24(27)29-21-11-14(2)10-17-7-6-16(4)20(23(17)21)9-8-19-12-18(25)13-22(26)28-19/h3-16,21,26-27,37-38H,17-20H2,1-2H3,(H,35,41)(H,39,40);6-11,15-16,19-20,29-30H,12-14H2,1-5H3,(H,31,32);6-7,10,14-16,18-21,23,25H,5,8-9,11-13H2,1-4H3/b;11-10+;/t26-,27-;19-,20-;14-,15-,16-,18+,19+,20-,21-,23-/m110/s1. The molecule has 103 heavy (non-hydrogen) atoms. The average molecular weight is 1420 g/mol. The molecule has 12 atom stereocenters. The van der Waals surface area contributed by atoms with Gasteiger partial charge in [0.25, 0.3) is 5.91 Å². The van der Waals surface area contributed by atoms with Gasteiger partial charge in [0.2, 0.25) is 0 Å². The molecule has 2 aromatic heterocycles. The number of aliphatic hydroxyl groups is 5. The highest BCUT2D eigenvalue weighted by Gasteiger charge is 2.43. The first-order valence-corrected chi connectivity index (χ1v) is 36.1. The number of methoxy groups -OCH3 is 1. The predicted octanol–water partition coefficient (Wildman–Crippen LogP) is 15.4. The number of esters is 2. The van der Waals surface area contributed by atoms with E-state index in [0.717, 1.165) is 70.6 Å². The van der Waals surface area contributed by atoms with Crippen LogP contribution in [0.5, 0.6) is 0 Å². The Morgan fingerprint density at radius 1 is 0.728 bits per heavy atom. The number of ether oxygens (including phenoxy) is 3. The van der Waals surface area contributed by atoms with E-state index in [-0.39, 0.29) is 104 Å². The molecule has 18 nitrogen and oxygen atoms in total. The number of carboxylic acid groups (broad SMARTS) is 2. The van der Waals surface area contributed by atoms with Crippen molar-refractivity contribution in [3.63, 3.8) is 0 Å². The number of aliphatic carboxylic acids is 2. The second-order valence-corrected chi connectivity index (χ2v) is 28.6. The molecular formula is C83H105F2N3O15. The highest BCUT2D eigenvalue weighted by atomic mass is 19.1. The number of halogens is 2. The number of carboxylic acids is 2. The molecule has 9 rings (SSSR count). The molecule has 0 spiro atoms. The minimum Gasteiger partial charge on any atom is -0.481 e. The summed E-state index contributed by atoms with van der Waals surface area (Å²) in [6.45, 7) is 21.1. The molecule has 20 heteroatoms. The number of carbonyl (C=O) groups is 5. The van der Waals surface area contributed by atoms with Gasteiger partial charge in [-0.25, -0.2) is 8.78 Å². The number of carbonyl (C=O) groups excluding carboxylic acids is 3. The van der Waals surface area contributed by atoms with Crippen LogP contribution in [0.15, 0.2) is 139 Å². The zero-order valence-electron chi connectivity index (χ0n) is 61.2. The number of nitrogens with one attached hydrogen (secondary N) is 1. The number of hydrogen-bond donors (Lipinski definition) is 8. The number of aromatic nitrogens is 2. The number of pyridine rings is 1. The Kier molecular flexibility index (Phi) is 30.9. The molecule has 1 fully saturated rings. The highest BCUT2D eigenvalue weighted by Crippen LogP contribution is 2.47. The van der Waals surface area contributed by atoms with Gasteiger partial charge in [-0.15, -0.1) is 0 Å². The third kappa shape index (κ3) is 23.0. The maximum Gasteiger partial charge on any atom is 0.308 e. The number of aliphatic hydroxyl groups excluding tert-OH is 5. The molecule has 1 saturated heterocycles. The number of allylic oxidation sites excluding steroid dienone is 3. The van der Waals surface area contributed by atoms with Crippen LogP contribution >= 0.6 is 0 Å². The van der Waals surface area contributed by atoms with Crippen LogP contribution in [0.25, 0.3) is 39.6 Å².